The molecule has 0 spiro atoms. The number of hydrogen-bond donors (Lipinski definition) is 3. The minimum absolute atomic E-state index is 0.0392. The van der Waals surface area contributed by atoms with Gasteiger partial charge in [-0.3, -0.25) is 9.59 Å². The van der Waals surface area contributed by atoms with E-state index in [-0.39, 0.29) is 24.8 Å². The molecule has 7 heteroatoms. The van der Waals surface area contributed by atoms with Gasteiger partial charge in [0.2, 0.25) is 0 Å². The maximum atomic E-state index is 16.7. The minimum atomic E-state index is -2.23. The van der Waals surface area contributed by atoms with Crippen LogP contribution in [0.15, 0.2) is 23.8 Å². The Morgan fingerprint density at radius 3 is 2.64 bits per heavy atom. The molecule has 0 aromatic heterocycles. The second-order valence-electron chi connectivity index (χ2n) is 9.34. The zero-order chi connectivity index (χ0) is 20.7. The summed E-state index contributed by atoms with van der Waals surface area (Å²) in [6.45, 7) is 2.29. The Labute approximate surface area is 162 Å². The summed E-state index contributed by atoms with van der Waals surface area (Å²) in [5.74, 6) is -2.63. The predicted molar refractivity (Wildman–Crippen MR) is 95.7 cm³/mol. The summed E-state index contributed by atoms with van der Waals surface area (Å²) in [6.07, 6.45) is 0.509. The Bertz CT molecular complexity index is 809. The zero-order valence-electron chi connectivity index (χ0n) is 16.0. The number of carbonyl (C=O) groups excluding carboxylic acids is 2. The number of aliphatic hydroxyl groups excluding tert-OH is 2. The lowest BCUT2D eigenvalue weighted by Crippen LogP contribution is -2.70. The van der Waals surface area contributed by atoms with E-state index in [0.29, 0.717) is 6.42 Å². The molecule has 4 aliphatic carbocycles. The fourth-order valence-corrected chi connectivity index (χ4v) is 6.80. The number of aliphatic hydroxyl groups is 3. The Hall–Kier alpha value is -1.44. The van der Waals surface area contributed by atoms with Gasteiger partial charge in [-0.05, 0) is 56.3 Å². The second-order valence-corrected chi connectivity index (χ2v) is 9.34. The van der Waals surface area contributed by atoms with Crippen molar-refractivity contribution in [2.45, 2.75) is 63.1 Å². The van der Waals surface area contributed by atoms with Crippen LogP contribution < -0.4 is 0 Å². The monoisotopic (exact) mass is 396 g/mol. The predicted octanol–water partition coefficient (Wildman–Crippen LogP) is 1.60. The van der Waals surface area contributed by atoms with Crippen LogP contribution in [0.2, 0.25) is 0 Å². The highest BCUT2D eigenvalue weighted by Crippen LogP contribution is 2.69. The molecule has 3 fully saturated rings. The molecule has 0 amide bonds. The molecule has 0 aromatic rings. The van der Waals surface area contributed by atoms with Crippen LogP contribution in [0, 0.1) is 22.7 Å². The van der Waals surface area contributed by atoms with Gasteiger partial charge in [-0.15, -0.1) is 0 Å². The van der Waals surface area contributed by atoms with Gasteiger partial charge in [-0.1, -0.05) is 13.0 Å². The lowest BCUT2D eigenvalue weighted by molar-refractivity contribution is -0.221. The van der Waals surface area contributed by atoms with Gasteiger partial charge in [0.25, 0.3) is 0 Å². The van der Waals surface area contributed by atoms with Crippen molar-refractivity contribution in [3.8, 4) is 0 Å². The normalized spacial score (nSPS) is 52.5. The molecule has 154 valence electrons. The minimum Gasteiger partial charge on any atom is -0.390 e. The topological polar surface area (TPSA) is 94.8 Å². The summed E-state index contributed by atoms with van der Waals surface area (Å²) in [6, 6.07) is 0. The Kier molecular flexibility index (Phi) is 4.11. The number of fused-ring (bicyclic) bond motifs is 5. The summed E-state index contributed by atoms with van der Waals surface area (Å²) in [5, 5.41) is 31.4. The molecule has 3 N–H and O–H groups in total. The molecular weight excluding hydrogens is 370 g/mol. The van der Waals surface area contributed by atoms with Gasteiger partial charge in [0, 0.05) is 16.7 Å². The Morgan fingerprint density at radius 2 is 2.00 bits per heavy atom. The van der Waals surface area contributed by atoms with E-state index < -0.39 is 64.4 Å². The average Bonchev–Trinajstić information content (AvgIpc) is 2.91. The number of carbonyl (C=O) groups is 2. The van der Waals surface area contributed by atoms with Crippen LogP contribution in [0.3, 0.4) is 0 Å². The molecule has 3 saturated carbocycles. The van der Waals surface area contributed by atoms with Gasteiger partial charge in [-0.2, -0.15) is 0 Å². The Morgan fingerprint density at radius 1 is 1.32 bits per heavy atom. The number of halogens is 2. The maximum Gasteiger partial charge on any atom is 0.190 e. The lowest BCUT2D eigenvalue weighted by Gasteiger charge is -2.63. The van der Waals surface area contributed by atoms with E-state index in [1.807, 2.05) is 0 Å². The van der Waals surface area contributed by atoms with Crippen molar-refractivity contribution >= 4 is 11.6 Å². The molecular formula is C21H26F2O5. The smallest absolute Gasteiger partial charge is 0.190 e. The number of alkyl halides is 2. The number of hydrogen-bond acceptors (Lipinski definition) is 5. The first-order chi connectivity index (χ1) is 13.0. The Balaban J connectivity index is 1.84. The highest BCUT2D eigenvalue weighted by Gasteiger charge is 2.75. The van der Waals surface area contributed by atoms with E-state index in [9.17, 15) is 24.9 Å². The number of Topliss-reactive ketones (excluding diaryl/α,β-unsaturated/α-hetero) is 1. The maximum absolute atomic E-state index is 16.7. The fraction of sp³-hybridized carbons (Fsp3) is 0.714. The fourth-order valence-electron chi connectivity index (χ4n) is 6.80. The van der Waals surface area contributed by atoms with Gasteiger partial charge < -0.3 is 15.3 Å². The quantitative estimate of drug-likeness (QED) is 0.659. The van der Waals surface area contributed by atoms with E-state index in [1.165, 1.54) is 19.1 Å². The van der Waals surface area contributed by atoms with Gasteiger partial charge in [-0.25, -0.2) is 8.78 Å². The van der Waals surface area contributed by atoms with Crippen LogP contribution in [0.5, 0.6) is 0 Å². The third-order valence-corrected chi connectivity index (χ3v) is 8.39. The average molecular weight is 396 g/mol. The zero-order valence-corrected chi connectivity index (χ0v) is 16.0. The SMILES string of the molecule is C[C@]12C=CC(=O)C=C1[C@@H](F)CC1C3CC[C@](O)(C(=O)CO)[C@@]3(C)C[C@H](O)[C@@]12F. The molecule has 28 heavy (non-hydrogen) atoms. The summed E-state index contributed by atoms with van der Waals surface area (Å²) >= 11 is 0. The van der Waals surface area contributed by atoms with Crippen LogP contribution in [0.25, 0.3) is 0 Å². The molecule has 0 radical (unpaired) electrons. The van der Waals surface area contributed by atoms with Crippen LogP contribution in [-0.4, -0.2) is 57.0 Å². The van der Waals surface area contributed by atoms with Crippen molar-refractivity contribution in [1.29, 1.82) is 0 Å². The second kappa shape index (κ2) is 5.80. The van der Waals surface area contributed by atoms with E-state index in [4.69, 9.17) is 0 Å². The molecule has 0 aromatic carbocycles. The molecule has 0 bridgehead atoms. The van der Waals surface area contributed by atoms with Crippen molar-refractivity contribution in [3.63, 3.8) is 0 Å². The van der Waals surface area contributed by atoms with Crippen LogP contribution in [-0.2, 0) is 9.59 Å². The molecule has 4 rings (SSSR count). The third-order valence-electron chi connectivity index (χ3n) is 8.39. The standard InChI is InChI=1S/C21H26F2O5/c1-18-5-3-11(25)7-14(18)15(22)8-13-12-4-6-20(28,17(27)10-24)19(12,2)9-16(26)21(13,18)23/h3,5,7,12-13,15-16,24,26,28H,4,6,8-10H2,1-2H3/t12?,13?,15-,16-,18-,19-,20-,21-/m0/s1. The van der Waals surface area contributed by atoms with Crippen LogP contribution >= 0.6 is 0 Å². The van der Waals surface area contributed by atoms with Crippen LogP contribution in [0.1, 0.15) is 39.5 Å². The first-order valence-electron chi connectivity index (χ1n) is 9.78. The highest BCUT2D eigenvalue weighted by molar-refractivity contribution is 6.01. The third kappa shape index (κ3) is 2.05. The molecule has 5 nitrogen and oxygen atoms in total. The van der Waals surface area contributed by atoms with E-state index >= 15 is 8.78 Å². The number of ketones is 2. The molecule has 2 unspecified atom stereocenters. The first kappa shape index (κ1) is 19.9. The van der Waals surface area contributed by atoms with Crippen molar-refractivity contribution in [3.05, 3.63) is 23.8 Å². The van der Waals surface area contributed by atoms with Crippen LogP contribution in [0.4, 0.5) is 8.78 Å². The molecule has 0 saturated heterocycles. The summed E-state index contributed by atoms with van der Waals surface area (Å²) in [7, 11) is 0. The van der Waals surface area contributed by atoms with Crippen molar-refractivity contribution in [2.75, 3.05) is 6.61 Å². The van der Waals surface area contributed by atoms with Gasteiger partial charge in [0.05, 0.1) is 6.10 Å². The van der Waals surface area contributed by atoms with Gasteiger partial charge >= 0.3 is 0 Å². The van der Waals surface area contributed by atoms with Gasteiger partial charge in [0.1, 0.15) is 18.4 Å². The van der Waals surface area contributed by atoms with Crippen molar-refractivity contribution < 1.29 is 33.7 Å². The number of rotatable bonds is 2. The lowest BCUT2D eigenvalue weighted by atomic mass is 9.44. The van der Waals surface area contributed by atoms with Crippen molar-refractivity contribution in [1.82, 2.24) is 0 Å². The summed E-state index contributed by atoms with van der Waals surface area (Å²) < 4.78 is 31.9. The highest BCUT2D eigenvalue weighted by atomic mass is 19.1. The van der Waals surface area contributed by atoms with Crippen molar-refractivity contribution in [2.24, 2.45) is 22.7 Å². The first-order valence-corrected chi connectivity index (χ1v) is 9.78. The van der Waals surface area contributed by atoms with E-state index in [1.54, 1.807) is 6.92 Å². The molecule has 0 heterocycles. The number of allylic oxidation sites excluding steroid dienone is 4. The molecule has 0 aliphatic heterocycles. The van der Waals surface area contributed by atoms with E-state index in [0.717, 1.165) is 6.08 Å². The summed E-state index contributed by atoms with van der Waals surface area (Å²) in [5.41, 5.74) is -6.71. The largest absolute Gasteiger partial charge is 0.390 e. The van der Waals surface area contributed by atoms with Gasteiger partial charge in [0.15, 0.2) is 17.2 Å². The molecule has 4 aliphatic rings. The molecule has 8 atom stereocenters. The van der Waals surface area contributed by atoms with E-state index in [2.05, 4.69) is 0 Å². The summed E-state index contributed by atoms with van der Waals surface area (Å²) in [4.78, 5) is 24.1.